The van der Waals surface area contributed by atoms with Crippen LogP contribution >= 0.6 is 0 Å². The predicted octanol–water partition coefficient (Wildman–Crippen LogP) is 4.46. The molecule has 0 saturated heterocycles. The molecule has 4 rings (SSSR count). The molecule has 3 heteroatoms. The van der Waals surface area contributed by atoms with Crippen LogP contribution in [0.1, 0.15) is 22.7 Å². The smallest absolute Gasteiger partial charge is 0.232 e. The number of nitrogens with zero attached hydrogens (tertiary/aromatic N) is 2. The van der Waals surface area contributed by atoms with Crippen molar-refractivity contribution in [3.8, 4) is 6.07 Å². The molecule has 1 amide bonds. The summed E-state index contributed by atoms with van der Waals surface area (Å²) < 4.78 is 0. The van der Waals surface area contributed by atoms with E-state index in [0.29, 0.717) is 0 Å². The lowest BCUT2D eigenvalue weighted by Crippen LogP contribution is -2.32. The van der Waals surface area contributed by atoms with Crippen LogP contribution in [-0.2, 0) is 11.2 Å². The summed E-state index contributed by atoms with van der Waals surface area (Å²) in [7, 11) is 0. The first-order valence-corrected chi connectivity index (χ1v) is 8.22. The van der Waals surface area contributed by atoms with Gasteiger partial charge in [-0.2, -0.15) is 5.26 Å². The fourth-order valence-corrected chi connectivity index (χ4v) is 3.37. The van der Waals surface area contributed by atoms with Crippen molar-refractivity contribution in [3.63, 3.8) is 0 Å². The average Bonchev–Trinajstić information content (AvgIpc) is 2.67. The van der Waals surface area contributed by atoms with Gasteiger partial charge in [-0.1, -0.05) is 66.7 Å². The molecule has 3 aromatic carbocycles. The molecular weight excluding hydrogens is 308 g/mol. The second kappa shape index (κ2) is 6.26. The number of hydrogen-bond donors (Lipinski definition) is 0. The number of benzene rings is 3. The van der Waals surface area contributed by atoms with Gasteiger partial charge in [-0.15, -0.1) is 0 Å². The van der Waals surface area contributed by atoms with Gasteiger partial charge in [0.2, 0.25) is 5.91 Å². The van der Waals surface area contributed by atoms with Gasteiger partial charge in [-0.05, 0) is 33.5 Å². The third kappa shape index (κ3) is 2.68. The molecule has 0 radical (unpaired) electrons. The molecule has 120 valence electrons. The minimum Gasteiger partial charge on any atom is -0.298 e. The van der Waals surface area contributed by atoms with Gasteiger partial charge in [-0.3, -0.25) is 9.69 Å². The number of amides is 1. The van der Waals surface area contributed by atoms with Crippen molar-refractivity contribution in [2.24, 2.45) is 0 Å². The van der Waals surface area contributed by atoms with Gasteiger partial charge in [0.15, 0.2) is 0 Å². The van der Waals surface area contributed by atoms with Crippen molar-refractivity contribution in [1.82, 2.24) is 4.90 Å². The van der Waals surface area contributed by atoms with E-state index in [1.165, 1.54) is 0 Å². The van der Waals surface area contributed by atoms with Crippen LogP contribution in [-0.4, -0.2) is 10.8 Å². The lowest BCUT2D eigenvalue weighted by Gasteiger charge is -2.28. The molecule has 0 aromatic heterocycles. The van der Waals surface area contributed by atoms with Crippen molar-refractivity contribution in [1.29, 1.82) is 5.26 Å². The summed E-state index contributed by atoms with van der Waals surface area (Å²) in [5.41, 5.74) is 2.84. The molecule has 0 N–H and O–H groups in total. The number of hydrogen-bond acceptors (Lipinski definition) is 2. The van der Waals surface area contributed by atoms with Crippen LogP contribution < -0.4 is 0 Å². The first-order valence-electron chi connectivity index (χ1n) is 8.22. The maximum Gasteiger partial charge on any atom is 0.232 e. The predicted molar refractivity (Wildman–Crippen MR) is 98.3 cm³/mol. The second-order valence-electron chi connectivity index (χ2n) is 6.09. The number of nitriles is 1. The lowest BCUT2D eigenvalue weighted by atomic mass is 9.96. The molecule has 1 unspecified atom stereocenters. The highest BCUT2D eigenvalue weighted by Crippen LogP contribution is 2.30. The van der Waals surface area contributed by atoms with Crippen molar-refractivity contribution in [3.05, 3.63) is 89.6 Å². The Morgan fingerprint density at radius 2 is 1.76 bits per heavy atom. The van der Waals surface area contributed by atoms with E-state index in [4.69, 9.17) is 0 Å². The summed E-state index contributed by atoms with van der Waals surface area (Å²) in [6, 6.07) is 23.4. The fraction of sp³-hybridized carbons (Fsp3) is 0.0909. The van der Waals surface area contributed by atoms with Gasteiger partial charge in [0.1, 0.15) is 6.04 Å². The van der Waals surface area contributed by atoms with Gasteiger partial charge in [0.25, 0.3) is 0 Å². The maximum atomic E-state index is 12.9. The van der Waals surface area contributed by atoms with Crippen LogP contribution in [0.15, 0.2) is 72.9 Å². The lowest BCUT2D eigenvalue weighted by molar-refractivity contribution is -0.129. The van der Waals surface area contributed by atoms with Crippen LogP contribution in [0.3, 0.4) is 0 Å². The minimum atomic E-state index is -0.580. The molecule has 3 aromatic rings. The van der Waals surface area contributed by atoms with Crippen molar-refractivity contribution in [2.45, 2.75) is 12.5 Å². The quantitative estimate of drug-likeness (QED) is 0.698. The molecule has 25 heavy (non-hydrogen) atoms. The van der Waals surface area contributed by atoms with Crippen LogP contribution in [0.5, 0.6) is 0 Å². The van der Waals surface area contributed by atoms with E-state index in [-0.39, 0.29) is 12.3 Å². The summed E-state index contributed by atoms with van der Waals surface area (Å²) in [6.07, 6.45) is 3.89. The number of carbonyl (C=O) groups excluding carboxylic acids is 1. The van der Waals surface area contributed by atoms with Crippen LogP contribution in [0.4, 0.5) is 0 Å². The van der Waals surface area contributed by atoms with Gasteiger partial charge < -0.3 is 0 Å². The monoisotopic (exact) mass is 324 g/mol. The third-order valence-electron chi connectivity index (χ3n) is 4.62. The molecule has 1 aliphatic rings. The Labute approximate surface area is 146 Å². The van der Waals surface area contributed by atoms with Crippen LogP contribution in [0.25, 0.3) is 16.8 Å². The first-order chi connectivity index (χ1) is 12.3. The van der Waals surface area contributed by atoms with E-state index < -0.39 is 6.04 Å². The highest BCUT2D eigenvalue weighted by Gasteiger charge is 2.27. The normalized spacial score (nSPS) is 15.6. The highest BCUT2D eigenvalue weighted by atomic mass is 16.2. The zero-order valence-corrected chi connectivity index (χ0v) is 13.6. The van der Waals surface area contributed by atoms with E-state index in [9.17, 15) is 10.1 Å². The zero-order chi connectivity index (χ0) is 17.2. The minimum absolute atomic E-state index is 0.0753. The van der Waals surface area contributed by atoms with Crippen molar-refractivity contribution in [2.75, 3.05) is 0 Å². The number of rotatable bonds is 2. The summed E-state index contributed by atoms with van der Waals surface area (Å²) in [4.78, 5) is 14.5. The number of carbonyl (C=O) groups is 1. The third-order valence-corrected chi connectivity index (χ3v) is 4.62. The first kappa shape index (κ1) is 15.2. The standard InChI is InChI=1S/C22H16N2O/c23-15-21-20-11-4-2-7-17(20)12-13-24(21)22(25)14-18-9-5-8-16-6-1-3-10-19(16)18/h1-13,21H,14H2. The largest absolute Gasteiger partial charge is 0.298 e. The zero-order valence-electron chi connectivity index (χ0n) is 13.6. The van der Waals surface area contributed by atoms with Crippen LogP contribution in [0, 0.1) is 11.3 Å². The molecule has 1 atom stereocenters. The molecule has 3 nitrogen and oxygen atoms in total. The summed E-state index contributed by atoms with van der Waals surface area (Å²) >= 11 is 0. The van der Waals surface area contributed by atoms with Gasteiger partial charge in [0.05, 0.1) is 12.5 Å². The molecule has 0 saturated carbocycles. The topological polar surface area (TPSA) is 44.1 Å². The molecule has 0 spiro atoms. The summed E-state index contributed by atoms with van der Waals surface area (Å²) in [6.45, 7) is 0. The maximum absolute atomic E-state index is 12.9. The van der Waals surface area contributed by atoms with Crippen molar-refractivity contribution < 1.29 is 4.79 Å². The Balaban J connectivity index is 1.67. The molecule has 0 fully saturated rings. The van der Waals surface area contributed by atoms with Crippen LogP contribution in [0.2, 0.25) is 0 Å². The summed E-state index contributed by atoms with van der Waals surface area (Å²) in [5, 5.41) is 11.8. The fourth-order valence-electron chi connectivity index (χ4n) is 3.37. The summed E-state index contributed by atoms with van der Waals surface area (Å²) in [5.74, 6) is -0.0753. The highest BCUT2D eigenvalue weighted by molar-refractivity contribution is 5.91. The van der Waals surface area contributed by atoms with E-state index in [1.54, 1.807) is 11.1 Å². The molecule has 0 bridgehead atoms. The van der Waals surface area contributed by atoms with E-state index in [1.807, 2.05) is 72.8 Å². The molecule has 0 aliphatic carbocycles. The average molecular weight is 324 g/mol. The van der Waals surface area contributed by atoms with Gasteiger partial charge in [-0.25, -0.2) is 0 Å². The van der Waals surface area contributed by atoms with E-state index in [2.05, 4.69) is 6.07 Å². The van der Waals surface area contributed by atoms with Gasteiger partial charge in [0, 0.05) is 6.20 Å². The Morgan fingerprint density at radius 1 is 1.00 bits per heavy atom. The Bertz CT molecular complexity index is 1020. The Morgan fingerprint density at radius 3 is 2.64 bits per heavy atom. The molecule has 1 aliphatic heterocycles. The molecular formula is C22H16N2O. The Hall–Kier alpha value is -3.38. The SMILES string of the molecule is N#CC1c2ccccc2C=CN1C(=O)Cc1cccc2ccccc12. The molecule has 1 heterocycles. The Kier molecular flexibility index (Phi) is 3.80. The number of fused-ring (bicyclic) bond motifs is 2. The second-order valence-corrected chi connectivity index (χ2v) is 6.09. The van der Waals surface area contributed by atoms with Gasteiger partial charge >= 0.3 is 0 Å². The van der Waals surface area contributed by atoms with E-state index in [0.717, 1.165) is 27.5 Å². The van der Waals surface area contributed by atoms with E-state index >= 15 is 0 Å². The van der Waals surface area contributed by atoms with Crippen molar-refractivity contribution >= 4 is 22.8 Å².